The Balaban J connectivity index is 2.13. The van der Waals surface area contributed by atoms with Crippen LogP contribution in [0.2, 0.25) is 0 Å². The van der Waals surface area contributed by atoms with Gasteiger partial charge in [-0.1, -0.05) is 0 Å². The van der Waals surface area contributed by atoms with Gasteiger partial charge in [0.2, 0.25) is 0 Å². The van der Waals surface area contributed by atoms with Crippen molar-refractivity contribution in [3.63, 3.8) is 0 Å². The standard InChI is InChI=1S/C11H11F2N3O2/c12-11(13)5-14-10(15-6-11)16-8-1-7(4-17)2-9(18)3-8/h1-4,18H,5-6H2,(H2,14,15,16). The largest absolute Gasteiger partial charge is 0.508 e. The van der Waals surface area contributed by atoms with E-state index in [2.05, 4.69) is 15.6 Å². The highest BCUT2D eigenvalue weighted by atomic mass is 19.3. The van der Waals surface area contributed by atoms with E-state index in [9.17, 15) is 18.7 Å². The first kappa shape index (κ1) is 12.3. The SMILES string of the molecule is O=Cc1cc(O)cc(NC2=NCC(F)(F)CN2)c1. The van der Waals surface area contributed by atoms with Crippen LogP contribution in [-0.4, -0.2) is 36.4 Å². The average molecular weight is 255 g/mol. The number of carbonyl (C=O) groups excluding carboxylic acids is 1. The van der Waals surface area contributed by atoms with E-state index >= 15 is 0 Å². The molecule has 0 fully saturated rings. The van der Waals surface area contributed by atoms with Crippen LogP contribution in [0.3, 0.4) is 0 Å². The molecule has 7 heteroatoms. The van der Waals surface area contributed by atoms with E-state index in [1.54, 1.807) is 0 Å². The molecule has 96 valence electrons. The number of benzene rings is 1. The van der Waals surface area contributed by atoms with Crippen molar-refractivity contribution in [1.29, 1.82) is 0 Å². The molecule has 0 aromatic heterocycles. The van der Waals surface area contributed by atoms with Crippen molar-refractivity contribution in [3.8, 4) is 5.75 Å². The Labute approximate surface area is 102 Å². The third kappa shape index (κ3) is 2.93. The van der Waals surface area contributed by atoms with Gasteiger partial charge in [0.1, 0.15) is 18.6 Å². The van der Waals surface area contributed by atoms with E-state index in [1.165, 1.54) is 18.2 Å². The second-order valence-corrected chi connectivity index (χ2v) is 3.93. The number of carbonyl (C=O) groups is 1. The maximum absolute atomic E-state index is 12.8. The van der Waals surface area contributed by atoms with Crippen LogP contribution >= 0.6 is 0 Å². The molecule has 1 aliphatic rings. The quantitative estimate of drug-likeness (QED) is 0.694. The van der Waals surface area contributed by atoms with E-state index in [0.29, 0.717) is 12.0 Å². The lowest BCUT2D eigenvalue weighted by Crippen LogP contribution is -2.46. The molecule has 0 amide bonds. The molecule has 5 nitrogen and oxygen atoms in total. The van der Waals surface area contributed by atoms with Crippen LogP contribution in [-0.2, 0) is 0 Å². The Morgan fingerprint density at radius 3 is 2.83 bits per heavy atom. The Morgan fingerprint density at radius 1 is 1.44 bits per heavy atom. The number of hydrogen-bond donors (Lipinski definition) is 3. The summed E-state index contributed by atoms with van der Waals surface area (Å²) >= 11 is 0. The Kier molecular flexibility index (Phi) is 3.14. The zero-order valence-electron chi connectivity index (χ0n) is 9.28. The zero-order valence-corrected chi connectivity index (χ0v) is 9.28. The summed E-state index contributed by atoms with van der Waals surface area (Å²) in [7, 11) is 0. The van der Waals surface area contributed by atoms with E-state index in [1.807, 2.05) is 0 Å². The highest BCUT2D eigenvalue weighted by molar-refractivity contribution is 5.95. The summed E-state index contributed by atoms with van der Waals surface area (Å²) in [6.07, 6.45) is 0.579. The van der Waals surface area contributed by atoms with Crippen molar-refractivity contribution in [1.82, 2.24) is 5.32 Å². The van der Waals surface area contributed by atoms with Gasteiger partial charge in [-0.15, -0.1) is 0 Å². The summed E-state index contributed by atoms with van der Waals surface area (Å²) < 4.78 is 25.6. The lowest BCUT2D eigenvalue weighted by molar-refractivity contribution is 0.0125. The number of halogens is 2. The first-order valence-electron chi connectivity index (χ1n) is 5.21. The Morgan fingerprint density at radius 2 is 2.22 bits per heavy atom. The van der Waals surface area contributed by atoms with Crippen LogP contribution in [0.25, 0.3) is 0 Å². The number of hydrogen-bond acceptors (Lipinski definition) is 5. The smallest absolute Gasteiger partial charge is 0.284 e. The fraction of sp³-hybridized carbons (Fsp3) is 0.273. The van der Waals surface area contributed by atoms with Crippen LogP contribution in [0.4, 0.5) is 14.5 Å². The van der Waals surface area contributed by atoms with Gasteiger partial charge >= 0.3 is 0 Å². The van der Waals surface area contributed by atoms with Crippen molar-refractivity contribution < 1.29 is 18.7 Å². The van der Waals surface area contributed by atoms with Crippen LogP contribution in [0, 0.1) is 0 Å². The molecule has 0 atom stereocenters. The minimum absolute atomic E-state index is 0.0937. The summed E-state index contributed by atoms with van der Waals surface area (Å²) in [5.74, 6) is -2.76. The number of aliphatic imine (C=N–C) groups is 1. The summed E-state index contributed by atoms with van der Waals surface area (Å²) in [5, 5.41) is 14.5. The van der Waals surface area contributed by atoms with E-state index in [-0.39, 0.29) is 17.3 Å². The molecule has 0 radical (unpaired) electrons. The summed E-state index contributed by atoms with van der Waals surface area (Å²) in [4.78, 5) is 14.2. The molecule has 0 saturated carbocycles. The van der Waals surface area contributed by atoms with Gasteiger partial charge in [0.25, 0.3) is 5.92 Å². The van der Waals surface area contributed by atoms with Gasteiger partial charge in [-0.2, -0.15) is 0 Å². The van der Waals surface area contributed by atoms with Gasteiger partial charge in [0, 0.05) is 17.3 Å². The van der Waals surface area contributed by atoms with Crippen molar-refractivity contribution in [2.45, 2.75) is 5.92 Å². The number of nitrogens with one attached hydrogen (secondary N) is 2. The third-order valence-electron chi connectivity index (χ3n) is 2.32. The number of rotatable bonds is 2. The van der Waals surface area contributed by atoms with Crippen molar-refractivity contribution >= 4 is 17.9 Å². The number of nitrogens with zero attached hydrogens (tertiary/aromatic N) is 1. The minimum atomic E-state index is -2.85. The number of phenols is 1. The number of alkyl halides is 2. The maximum atomic E-state index is 12.8. The van der Waals surface area contributed by atoms with Crippen LogP contribution in [0.5, 0.6) is 5.75 Å². The maximum Gasteiger partial charge on any atom is 0.284 e. The molecule has 1 heterocycles. The third-order valence-corrected chi connectivity index (χ3v) is 2.32. The molecule has 0 unspecified atom stereocenters. The van der Waals surface area contributed by atoms with Crippen LogP contribution in [0.1, 0.15) is 10.4 Å². The Hall–Kier alpha value is -2.18. The monoisotopic (exact) mass is 255 g/mol. The van der Waals surface area contributed by atoms with Crippen molar-refractivity contribution in [2.24, 2.45) is 4.99 Å². The molecule has 0 aliphatic carbocycles. The normalized spacial score (nSPS) is 17.6. The topological polar surface area (TPSA) is 73.7 Å². The lowest BCUT2D eigenvalue weighted by Gasteiger charge is -2.23. The number of anilines is 1. The second kappa shape index (κ2) is 4.59. The van der Waals surface area contributed by atoms with Crippen LogP contribution in [0.15, 0.2) is 23.2 Å². The molecule has 0 spiro atoms. The molecule has 0 saturated heterocycles. The van der Waals surface area contributed by atoms with E-state index < -0.39 is 19.0 Å². The van der Waals surface area contributed by atoms with Gasteiger partial charge in [-0.25, -0.2) is 13.8 Å². The highest BCUT2D eigenvalue weighted by Gasteiger charge is 2.32. The molecular weight excluding hydrogens is 244 g/mol. The van der Waals surface area contributed by atoms with Crippen LogP contribution < -0.4 is 10.6 Å². The van der Waals surface area contributed by atoms with E-state index in [0.717, 1.165) is 0 Å². The first-order chi connectivity index (χ1) is 8.48. The predicted octanol–water partition coefficient (Wildman–Crippen LogP) is 1.21. The molecule has 1 aromatic carbocycles. The lowest BCUT2D eigenvalue weighted by atomic mass is 10.2. The second-order valence-electron chi connectivity index (χ2n) is 3.93. The van der Waals surface area contributed by atoms with Gasteiger partial charge in [-0.05, 0) is 12.1 Å². The molecule has 18 heavy (non-hydrogen) atoms. The van der Waals surface area contributed by atoms with E-state index in [4.69, 9.17) is 0 Å². The average Bonchev–Trinajstić information content (AvgIpc) is 2.31. The first-order valence-corrected chi connectivity index (χ1v) is 5.21. The fourth-order valence-corrected chi connectivity index (χ4v) is 1.51. The van der Waals surface area contributed by atoms with Gasteiger partial charge < -0.3 is 15.7 Å². The molecule has 1 aromatic rings. The number of aldehydes is 1. The van der Waals surface area contributed by atoms with Crippen molar-refractivity contribution in [2.75, 3.05) is 18.4 Å². The summed E-state index contributed by atoms with van der Waals surface area (Å²) in [6.45, 7) is -1.10. The molecule has 2 rings (SSSR count). The van der Waals surface area contributed by atoms with Gasteiger partial charge in [-0.3, -0.25) is 4.79 Å². The number of guanidine groups is 1. The fourth-order valence-electron chi connectivity index (χ4n) is 1.51. The summed E-state index contributed by atoms with van der Waals surface area (Å²) in [5.41, 5.74) is 0.674. The van der Waals surface area contributed by atoms with Gasteiger partial charge in [0.15, 0.2) is 5.96 Å². The van der Waals surface area contributed by atoms with Crippen molar-refractivity contribution in [3.05, 3.63) is 23.8 Å². The molecular formula is C11H11F2N3O2. The molecule has 3 N–H and O–H groups in total. The summed E-state index contributed by atoms with van der Waals surface area (Å²) in [6, 6.07) is 4.13. The van der Waals surface area contributed by atoms with Gasteiger partial charge in [0.05, 0.1) is 6.54 Å². The number of phenolic OH excluding ortho intramolecular Hbond substituents is 1. The predicted molar refractivity (Wildman–Crippen MR) is 62.4 cm³/mol. The minimum Gasteiger partial charge on any atom is -0.508 e. The number of aromatic hydroxyl groups is 1. The Bertz CT molecular complexity index is 503. The molecule has 1 aliphatic heterocycles. The highest BCUT2D eigenvalue weighted by Crippen LogP contribution is 2.20. The zero-order chi connectivity index (χ0) is 13.2. The molecule has 0 bridgehead atoms.